The molecule has 0 spiro atoms. The molecule has 0 saturated carbocycles. The van der Waals surface area contributed by atoms with Crippen LogP contribution in [0.1, 0.15) is 393 Å². The van der Waals surface area contributed by atoms with Crippen LogP contribution in [0.2, 0.25) is 0 Å². The maximum atomic E-state index is 12.5. The van der Waals surface area contributed by atoms with Crippen molar-refractivity contribution in [3.8, 4) is 0 Å². The highest BCUT2D eigenvalue weighted by Crippen LogP contribution is 2.19. The fourth-order valence-corrected chi connectivity index (χ4v) is 11.0. The summed E-state index contributed by atoms with van der Waals surface area (Å²) in [6, 6.07) is -0.547. The molecule has 0 rings (SSSR count). The van der Waals surface area contributed by atoms with Crippen molar-refractivity contribution < 1.29 is 24.5 Å². The van der Waals surface area contributed by atoms with Gasteiger partial charge in [0.1, 0.15) is 0 Å². The lowest BCUT2D eigenvalue weighted by atomic mass is 10.0. The molecule has 0 bridgehead atoms. The second-order valence-corrected chi connectivity index (χ2v) is 23.5. The van der Waals surface area contributed by atoms with E-state index >= 15 is 0 Å². The van der Waals surface area contributed by atoms with Crippen molar-refractivity contribution in [1.29, 1.82) is 0 Å². The summed E-state index contributed by atoms with van der Waals surface area (Å²) in [6.07, 6.45) is 75.5. The molecule has 0 radical (unpaired) electrons. The van der Waals surface area contributed by atoms with Gasteiger partial charge in [-0.1, -0.05) is 354 Å². The van der Waals surface area contributed by atoms with E-state index < -0.39 is 12.1 Å². The summed E-state index contributed by atoms with van der Waals surface area (Å²) < 4.78 is 5.49. The highest BCUT2D eigenvalue weighted by molar-refractivity contribution is 5.76. The van der Waals surface area contributed by atoms with Gasteiger partial charge in [0.05, 0.1) is 25.4 Å². The van der Waals surface area contributed by atoms with E-state index in [0.717, 1.165) is 38.5 Å². The standard InChI is InChI=1S/C67H133NO5/c1-3-5-7-9-11-13-15-17-19-21-22-23-24-25-26-27-28-31-35-39-43-47-51-55-59-65(70)64(63-69)68-66(71)60-56-52-48-44-40-36-32-29-30-34-38-42-46-50-54-58-62-73-67(72)61-57-53-49-45-41-37-33-20-18-16-14-12-10-8-6-4-2/h64-65,69-70H,3-63H2,1-2H3,(H,68,71). The Morgan fingerprint density at radius 1 is 0.329 bits per heavy atom. The molecule has 436 valence electrons. The number of ether oxygens (including phenoxy) is 1. The number of nitrogens with one attached hydrogen (secondary N) is 1. The molecule has 0 aromatic rings. The molecule has 3 N–H and O–H groups in total. The van der Waals surface area contributed by atoms with Crippen LogP contribution in [0, 0.1) is 0 Å². The van der Waals surface area contributed by atoms with Crippen LogP contribution in [0.5, 0.6) is 0 Å². The SMILES string of the molecule is CCCCCCCCCCCCCCCCCCCCCCCCCCC(O)C(CO)NC(=O)CCCCCCCCCCCCCCCCCCOC(=O)CCCCCCCCCCCCCCCCCC. The number of amides is 1. The number of hydrogen-bond acceptors (Lipinski definition) is 5. The fourth-order valence-electron chi connectivity index (χ4n) is 11.0. The maximum Gasteiger partial charge on any atom is 0.305 e. The predicted molar refractivity (Wildman–Crippen MR) is 320 cm³/mol. The topological polar surface area (TPSA) is 95.9 Å². The Bertz CT molecular complexity index is 1050. The highest BCUT2D eigenvalue weighted by Gasteiger charge is 2.20. The van der Waals surface area contributed by atoms with Gasteiger partial charge in [0, 0.05) is 12.8 Å². The minimum absolute atomic E-state index is 0.00844. The predicted octanol–water partition coefficient (Wildman–Crippen LogP) is 21.4. The van der Waals surface area contributed by atoms with Crippen molar-refractivity contribution in [3.63, 3.8) is 0 Å². The molecular formula is C67H133NO5. The first-order chi connectivity index (χ1) is 36.0. The lowest BCUT2D eigenvalue weighted by Gasteiger charge is -2.22. The van der Waals surface area contributed by atoms with E-state index in [1.54, 1.807) is 0 Å². The molecule has 0 heterocycles. The molecule has 0 aliphatic heterocycles. The van der Waals surface area contributed by atoms with Crippen LogP contribution in [0.3, 0.4) is 0 Å². The minimum Gasteiger partial charge on any atom is -0.466 e. The molecule has 0 fully saturated rings. The first kappa shape index (κ1) is 71.9. The molecule has 6 nitrogen and oxygen atoms in total. The summed E-state index contributed by atoms with van der Waals surface area (Å²) in [5, 5.41) is 23.4. The Balaban J connectivity index is 3.39. The Morgan fingerprint density at radius 3 is 0.836 bits per heavy atom. The normalized spacial score (nSPS) is 12.4. The van der Waals surface area contributed by atoms with Gasteiger partial charge < -0.3 is 20.3 Å². The molecule has 2 unspecified atom stereocenters. The van der Waals surface area contributed by atoms with Gasteiger partial charge in [-0.3, -0.25) is 9.59 Å². The van der Waals surface area contributed by atoms with E-state index in [0.29, 0.717) is 25.9 Å². The Hall–Kier alpha value is -1.14. The van der Waals surface area contributed by atoms with Crippen LogP contribution in [0.15, 0.2) is 0 Å². The highest BCUT2D eigenvalue weighted by atomic mass is 16.5. The van der Waals surface area contributed by atoms with Gasteiger partial charge in [-0.05, 0) is 25.7 Å². The maximum absolute atomic E-state index is 12.5. The van der Waals surface area contributed by atoms with Crippen LogP contribution in [0.25, 0.3) is 0 Å². The van der Waals surface area contributed by atoms with E-state index in [1.807, 2.05) is 0 Å². The lowest BCUT2D eigenvalue weighted by Crippen LogP contribution is -2.45. The largest absolute Gasteiger partial charge is 0.466 e. The van der Waals surface area contributed by atoms with Crippen molar-refractivity contribution in [2.75, 3.05) is 13.2 Å². The molecule has 2 atom stereocenters. The Kier molecular flexibility index (Phi) is 62.4. The van der Waals surface area contributed by atoms with Crippen LogP contribution in [-0.4, -0.2) is 47.4 Å². The van der Waals surface area contributed by atoms with E-state index in [-0.39, 0.29) is 18.5 Å². The lowest BCUT2D eigenvalue weighted by molar-refractivity contribution is -0.143. The van der Waals surface area contributed by atoms with E-state index in [1.165, 1.54) is 321 Å². The van der Waals surface area contributed by atoms with Crippen LogP contribution in [0.4, 0.5) is 0 Å². The number of rotatable bonds is 64. The zero-order chi connectivity index (χ0) is 52.9. The summed E-state index contributed by atoms with van der Waals surface area (Å²) in [7, 11) is 0. The summed E-state index contributed by atoms with van der Waals surface area (Å²) in [5.41, 5.74) is 0. The third-order valence-corrected chi connectivity index (χ3v) is 16.2. The van der Waals surface area contributed by atoms with Gasteiger partial charge in [-0.2, -0.15) is 0 Å². The van der Waals surface area contributed by atoms with Crippen LogP contribution < -0.4 is 5.32 Å². The number of aliphatic hydroxyl groups is 2. The summed E-state index contributed by atoms with van der Waals surface area (Å²) in [4.78, 5) is 24.6. The molecule has 0 aromatic carbocycles. The van der Waals surface area contributed by atoms with Gasteiger partial charge in [-0.25, -0.2) is 0 Å². The summed E-state index contributed by atoms with van der Waals surface area (Å²) >= 11 is 0. The average molecular weight is 1030 g/mol. The van der Waals surface area contributed by atoms with Gasteiger partial charge in [0.25, 0.3) is 0 Å². The van der Waals surface area contributed by atoms with Gasteiger partial charge in [0.2, 0.25) is 5.91 Å². The molecule has 0 aromatic heterocycles. The minimum atomic E-state index is -0.669. The summed E-state index contributed by atoms with van der Waals surface area (Å²) in [5.74, 6) is -0.0275. The first-order valence-electron chi connectivity index (χ1n) is 33.8. The molecule has 0 saturated heterocycles. The van der Waals surface area contributed by atoms with Crippen LogP contribution in [-0.2, 0) is 14.3 Å². The molecule has 0 aliphatic rings. The monoisotopic (exact) mass is 1030 g/mol. The van der Waals surface area contributed by atoms with Gasteiger partial charge in [0.15, 0.2) is 0 Å². The average Bonchev–Trinajstić information content (AvgIpc) is 3.39. The fraction of sp³-hybridized carbons (Fsp3) is 0.970. The van der Waals surface area contributed by atoms with Gasteiger partial charge >= 0.3 is 5.97 Å². The summed E-state index contributed by atoms with van der Waals surface area (Å²) in [6.45, 7) is 4.99. The molecule has 0 aliphatic carbocycles. The number of carbonyl (C=O) groups excluding carboxylic acids is 2. The van der Waals surface area contributed by atoms with Crippen molar-refractivity contribution in [3.05, 3.63) is 0 Å². The first-order valence-corrected chi connectivity index (χ1v) is 33.8. The quantitative estimate of drug-likeness (QED) is 0.0417. The number of carbonyl (C=O) groups is 2. The van der Waals surface area contributed by atoms with Crippen molar-refractivity contribution >= 4 is 11.9 Å². The van der Waals surface area contributed by atoms with Crippen molar-refractivity contribution in [2.45, 2.75) is 405 Å². The molecule has 6 heteroatoms. The number of esters is 1. The smallest absolute Gasteiger partial charge is 0.305 e. The second-order valence-electron chi connectivity index (χ2n) is 23.5. The third kappa shape index (κ3) is 60.0. The Labute approximate surface area is 457 Å². The third-order valence-electron chi connectivity index (χ3n) is 16.2. The van der Waals surface area contributed by atoms with E-state index in [9.17, 15) is 19.8 Å². The number of unbranched alkanes of at least 4 members (excludes halogenated alkanes) is 53. The van der Waals surface area contributed by atoms with Crippen LogP contribution >= 0.6 is 0 Å². The molecule has 1 amide bonds. The Morgan fingerprint density at radius 2 is 0.562 bits per heavy atom. The molecule has 73 heavy (non-hydrogen) atoms. The van der Waals surface area contributed by atoms with Gasteiger partial charge in [-0.15, -0.1) is 0 Å². The van der Waals surface area contributed by atoms with Crippen molar-refractivity contribution in [2.24, 2.45) is 0 Å². The van der Waals surface area contributed by atoms with Crippen molar-refractivity contribution in [1.82, 2.24) is 5.32 Å². The second kappa shape index (κ2) is 63.4. The molecular weight excluding hydrogens is 899 g/mol. The zero-order valence-electron chi connectivity index (χ0n) is 49.9. The zero-order valence-corrected chi connectivity index (χ0v) is 49.9. The van der Waals surface area contributed by atoms with E-state index in [2.05, 4.69) is 19.2 Å². The number of aliphatic hydroxyl groups excluding tert-OH is 2. The van der Waals surface area contributed by atoms with E-state index in [4.69, 9.17) is 4.74 Å². The number of hydrogen-bond donors (Lipinski definition) is 3.